The van der Waals surface area contributed by atoms with Gasteiger partial charge in [-0.05, 0) is 46.4 Å². The molecule has 0 amide bonds. The SMILES string of the molecule is O=C(CCCSc1nonc1C(=N[C@H]1Cc2ccc(F)cc21)NO)[C@H](O)CO. The summed E-state index contributed by atoms with van der Waals surface area (Å²) in [7, 11) is 0. The second-order valence-corrected chi connectivity index (χ2v) is 7.27. The van der Waals surface area contributed by atoms with Gasteiger partial charge in [0.2, 0.25) is 0 Å². The monoisotopic (exact) mass is 410 g/mol. The van der Waals surface area contributed by atoms with Crippen LogP contribution in [-0.2, 0) is 11.2 Å². The summed E-state index contributed by atoms with van der Waals surface area (Å²) in [6.45, 7) is -0.598. The standard InChI is InChI=1S/C17H19FN4O5S/c18-10-4-3-9-6-12(11(9)7-10)19-16(20-26)15-17(22-27-21-15)28-5-1-2-13(24)14(25)8-23/h3-4,7,12,14,23,25-26H,1-2,5-6,8H2,(H,19,20)/t12-,14+/m0/s1. The first-order chi connectivity index (χ1) is 13.5. The minimum absolute atomic E-state index is 0.0513. The maximum atomic E-state index is 13.4. The van der Waals surface area contributed by atoms with Crippen LogP contribution >= 0.6 is 11.8 Å². The topological polar surface area (TPSA) is 141 Å². The average molecular weight is 410 g/mol. The van der Waals surface area contributed by atoms with E-state index in [1.807, 2.05) is 5.48 Å². The first-order valence-corrected chi connectivity index (χ1v) is 9.55. The van der Waals surface area contributed by atoms with Gasteiger partial charge in [0.05, 0.1) is 12.6 Å². The number of thioether (sulfide) groups is 1. The van der Waals surface area contributed by atoms with E-state index in [2.05, 4.69) is 15.3 Å². The number of carbonyl (C=O) groups excluding carboxylic acids is 1. The third-order valence-electron chi connectivity index (χ3n) is 4.30. The molecule has 0 saturated heterocycles. The molecule has 4 N–H and O–H groups in total. The van der Waals surface area contributed by atoms with Gasteiger partial charge in [-0.3, -0.25) is 20.5 Å². The van der Waals surface area contributed by atoms with Gasteiger partial charge in [0, 0.05) is 12.2 Å². The molecular formula is C17H19FN4O5S. The number of carbonyl (C=O) groups is 1. The van der Waals surface area contributed by atoms with Crippen LogP contribution in [0.5, 0.6) is 0 Å². The van der Waals surface area contributed by atoms with Crippen molar-refractivity contribution in [1.82, 2.24) is 15.8 Å². The molecule has 0 radical (unpaired) electrons. The molecule has 28 heavy (non-hydrogen) atoms. The minimum atomic E-state index is -1.36. The van der Waals surface area contributed by atoms with E-state index >= 15 is 0 Å². The Labute approximate surface area is 163 Å². The Morgan fingerprint density at radius 3 is 3.04 bits per heavy atom. The van der Waals surface area contributed by atoms with E-state index in [9.17, 15) is 19.5 Å². The highest BCUT2D eigenvalue weighted by Crippen LogP contribution is 2.37. The molecule has 1 aromatic heterocycles. The second kappa shape index (κ2) is 9.24. The smallest absolute Gasteiger partial charge is 0.185 e. The van der Waals surface area contributed by atoms with Crippen molar-refractivity contribution in [2.75, 3.05) is 12.4 Å². The van der Waals surface area contributed by atoms with E-state index in [4.69, 9.17) is 9.74 Å². The van der Waals surface area contributed by atoms with Crippen molar-refractivity contribution in [1.29, 1.82) is 0 Å². The molecule has 0 aliphatic heterocycles. The molecule has 0 saturated carbocycles. The van der Waals surface area contributed by atoms with E-state index < -0.39 is 18.5 Å². The number of aromatic nitrogens is 2. The number of hydroxylamine groups is 1. The summed E-state index contributed by atoms with van der Waals surface area (Å²) in [4.78, 5) is 15.9. The van der Waals surface area contributed by atoms with Gasteiger partial charge in [-0.2, -0.15) is 0 Å². The quantitative estimate of drug-likeness (QED) is 0.157. The summed E-state index contributed by atoms with van der Waals surface area (Å²) in [6.07, 6.45) is -0.189. The Kier molecular flexibility index (Phi) is 6.73. The fraction of sp³-hybridized carbons (Fsp3) is 0.412. The van der Waals surface area contributed by atoms with Crippen molar-refractivity contribution in [2.24, 2.45) is 4.99 Å². The summed E-state index contributed by atoms with van der Waals surface area (Å²) >= 11 is 1.24. The lowest BCUT2D eigenvalue weighted by molar-refractivity contribution is -0.128. The fourth-order valence-corrected chi connectivity index (χ4v) is 3.61. The molecule has 11 heteroatoms. The summed E-state index contributed by atoms with van der Waals surface area (Å²) in [5.74, 6) is -0.258. The van der Waals surface area contributed by atoms with Gasteiger partial charge in [0.25, 0.3) is 0 Å². The zero-order valence-corrected chi connectivity index (χ0v) is 15.5. The Hall–Kier alpha value is -2.34. The number of hydrogen-bond acceptors (Lipinski definition) is 9. The third-order valence-corrected chi connectivity index (χ3v) is 5.34. The lowest BCUT2D eigenvalue weighted by Gasteiger charge is -2.27. The molecule has 1 aromatic carbocycles. The van der Waals surface area contributed by atoms with Gasteiger partial charge in [0.1, 0.15) is 11.9 Å². The van der Waals surface area contributed by atoms with Crippen molar-refractivity contribution in [2.45, 2.75) is 36.4 Å². The van der Waals surface area contributed by atoms with Gasteiger partial charge in [-0.1, -0.05) is 6.07 Å². The molecule has 2 atom stereocenters. The number of fused-ring (bicyclic) bond motifs is 1. The Morgan fingerprint density at radius 2 is 2.29 bits per heavy atom. The highest BCUT2D eigenvalue weighted by atomic mass is 32.2. The molecular weight excluding hydrogens is 391 g/mol. The number of nitrogens with one attached hydrogen (secondary N) is 1. The highest BCUT2D eigenvalue weighted by Gasteiger charge is 2.28. The van der Waals surface area contributed by atoms with Crippen LogP contribution < -0.4 is 5.48 Å². The predicted octanol–water partition coefficient (Wildman–Crippen LogP) is 1.03. The number of aliphatic hydroxyl groups excluding tert-OH is 2. The van der Waals surface area contributed by atoms with Gasteiger partial charge in [0.15, 0.2) is 22.3 Å². The summed E-state index contributed by atoms with van der Waals surface area (Å²) in [6, 6.07) is 4.20. The van der Waals surface area contributed by atoms with E-state index in [0.717, 1.165) is 11.1 Å². The molecule has 0 unspecified atom stereocenters. The summed E-state index contributed by atoms with van der Waals surface area (Å²) in [5, 5.41) is 35.3. The minimum Gasteiger partial charge on any atom is -0.393 e. The molecule has 2 aromatic rings. The van der Waals surface area contributed by atoms with E-state index in [1.165, 1.54) is 23.9 Å². The number of nitrogens with zero attached hydrogens (tertiary/aromatic N) is 3. The van der Waals surface area contributed by atoms with Gasteiger partial charge >= 0.3 is 0 Å². The van der Waals surface area contributed by atoms with Crippen LogP contribution in [-0.4, -0.2) is 55.8 Å². The van der Waals surface area contributed by atoms with Crippen molar-refractivity contribution >= 4 is 23.4 Å². The van der Waals surface area contributed by atoms with E-state index in [1.54, 1.807) is 6.07 Å². The fourth-order valence-electron chi connectivity index (χ4n) is 2.77. The zero-order valence-electron chi connectivity index (χ0n) is 14.7. The molecule has 3 rings (SSSR count). The van der Waals surface area contributed by atoms with Gasteiger partial charge in [-0.15, -0.1) is 11.8 Å². The largest absolute Gasteiger partial charge is 0.393 e. The van der Waals surface area contributed by atoms with E-state index in [0.29, 0.717) is 23.6 Å². The molecule has 150 valence electrons. The maximum absolute atomic E-state index is 13.4. The first kappa shape index (κ1) is 20.4. The van der Waals surface area contributed by atoms with Crippen LogP contribution in [0.25, 0.3) is 0 Å². The molecule has 9 nitrogen and oxygen atoms in total. The average Bonchev–Trinajstić information content (AvgIpc) is 3.15. The summed E-state index contributed by atoms with van der Waals surface area (Å²) in [5.41, 5.74) is 3.94. The number of aliphatic imine (C=N–C) groups is 1. The first-order valence-electron chi connectivity index (χ1n) is 8.57. The number of halogens is 1. The number of amidine groups is 1. The van der Waals surface area contributed by atoms with Crippen LogP contribution in [0.4, 0.5) is 4.39 Å². The number of benzene rings is 1. The molecule has 1 aliphatic carbocycles. The Morgan fingerprint density at radius 1 is 1.46 bits per heavy atom. The predicted molar refractivity (Wildman–Crippen MR) is 96.7 cm³/mol. The Balaban J connectivity index is 1.62. The van der Waals surface area contributed by atoms with Crippen LogP contribution in [0.1, 0.15) is 35.7 Å². The maximum Gasteiger partial charge on any atom is 0.185 e. The summed E-state index contributed by atoms with van der Waals surface area (Å²) < 4.78 is 18.1. The number of rotatable bonds is 9. The molecule has 0 spiro atoms. The van der Waals surface area contributed by atoms with Crippen LogP contribution in [0.3, 0.4) is 0 Å². The number of hydrogen-bond donors (Lipinski definition) is 4. The normalized spacial score (nSPS) is 17.0. The molecule has 1 aliphatic rings. The van der Waals surface area contributed by atoms with Crippen molar-refractivity contribution < 1.29 is 29.2 Å². The highest BCUT2D eigenvalue weighted by molar-refractivity contribution is 7.99. The third kappa shape index (κ3) is 4.55. The van der Waals surface area contributed by atoms with E-state index in [-0.39, 0.29) is 29.8 Å². The van der Waals surface area contributed by atoms with Gasteiger partial charge < -0.3 is 10.2 Å². The van der Waals surface area contributed by atoms with Crippen LogP contribution in [0.15, 0.2) is 32.8 Å². The van der Waals surface area contributed by atoms with Crippen molar-refractivity contribution in [3.63, 3.8) is 0 Å². The number of ketones is 1. The number of Topliss-reactive ketones (excluding diaryl/α,β-unsaturated/α-hetero) is 1. The van der Waals surface area contributed by atoms with Gasteiger partial charge in [-0.25, -0.2) is 9.02 Å². The lowest BCUT2D eigenvalue weighted by atomic mass is 9.83. The lowest BCUT2D eigenvalue weighted by Crippen LogP contribution is -2.25. The number of aliphatic hydroxyl groups is 2. The van der Waals surface area contributed by atoms with Crippen molar-refractivity contribution in [3.05, 3.63) is 40.8 Å². The molecule has 0 fully saturated rings. The van der Waals surface area contributed by atoms with Crippen molar-refractivity contribution in [3.8, 4) is 0 Å². The second-order valence-electron chi connectivity index (χ2n) is 6.19. The Bertz CT molecular complexity index is 875. The zero-order chi connectivity index (χ0) is 20.1. The van der Waals surface area contributed by atoms with Crippen LogP contribution in [0.2, 0.25) is 0 Å². The molecule has 0 bridgehead atoms. The van der Waals surface area contributed by atoms with Crippen LogP contribution in [0, 0.1) is 5.82 Å². The molecule has 1 heterocycles.